The maximum absolute atomic E-state index is 12.5. The van der Waals surface area contributed by atoms with Crippen molar-refractivity contribution in [1.29, 1.82) is 0 Å². The first-order valence-corrected chi connectivity index (χ1v) is 9.39. The number of carbonyl (C=O) groups excluding carboxylic acids is 2. The monoisotopic (exact) mass is 479 g/mol. The van der Waals surface area contributed by atoms with Crippen LogP contribution in [0.15, 0.2) is 56.5 Å². The first-order chi connectivity index (χ1) is 12.5. The van der Waals surface area contributed by atoms with Crippen LogP contribution in [0.25, 0.3) is 0 Å². The van der Waals surface area contributed by atoms with Crippen molar-refractivity contribution >= 4 is 49.9 Å². The first kappa shape index (κ1) is 18.6. The van der Waals surface area contributed by atoms with Gasteiger partial charge in [-0.1, -0.05) is 46.3 Å². The van der Waals surface area contributed by atoms with Crippen LogP contribution in [0.4, 0.5) is 0 Å². The third kappa shape index (κ3) is 3.96. The number of hydrogen-bond acceptors (Lipinski definition) is 4. The molecule has 8 heteroatoms. The smallest absolute Gasteiger partial charge is 0.253 e. The second-order valence-corrected chi connectivity index (χ2v) is 7.51. The van der Waals surface area contributed by atoms with Gasteiger partial charge in [-0.05, 0) is 33.6 Å². The molecule has 1 aliphatic heterocycles. The number of amides is 2. The predicted molar refractivity (Wildman–Crippen MR) is 105 cm³/mol. The highest BCUT2D eigenvalue weighted by molar-refractivity contribution is 9.11. The Hall–Kier alpha value is -2.19. The van der Waals surface area contributed by atoms with E-state index in [0.29, 0.717) is 21.1 Å². The maximum Gasteiger partial charge on any atom is 0.253 e. The van der Waals surface area contributed by atoms with E-state index in [1.807, 2.05) is 30.3 Å². The summed E-state index contributed by atoms with van der Waals surface area (Å²) in [5.41, 5.74) is 3.93. The molecule has 2 amide bonds. The molecule has 1 aliphatic rings. The van der Waals surface area contributed by atoms with Crippen LogP contribution in [0.3, 0.4) is 0 Å². The number of aromatic hydroxyl groups is 1. The summed E-state index contributed by atoms with van der Waals surface area (Å²) in [4.78, 5) is 24.6. The highest BCUT2D eigenvalue weighted by atomic mass is 79.9. The molecule has 1 fully saturated rings. The molecule has 134 valence electrons. The highest BCUT2D eigenvalue weighted by Gasteiger charge is 2.40. The Morgan fingerprint density at radius 1 is 1.23 bits per heavy atom. The van der Waals surface area contributed by atoms with Crippen molar-refractivity contribution < 1.29 is 14.7 Å². The van der Waals surface area contributed by atoms with Gasteiger partial charge in [0.15, 0.2) is 0 Å². The Labute approximate surface area is 166 Å². The van der Waals surface area contributed by atoms with Crippen LogP contribution in [0.1, 0.15) is 17.0 Å². The van der Waals surface area contributed by atoms with Crippen molar-refractivity contribution in [2.45, 2.75) is 5.92 Å². The lowest BCUT2D eigenvalue weighted by Crippen LogP contribution is -2.34. The van der Waals surface area contributed by atoms with Gasteiger partial charge in [-0.25, -0.2) is 5.43 Å². The summed E-state index contributed by atoms with van der Waals surface area (Å²) in [7, 11) is 0. The summed E-state index contributed by atoms with van der Waals surface area (Å²) < 4.78 is 1.24. The number of carbonyl (C=O) groups is 2. The molecule has 3 N–H and O–H groups in total. The zero-order valence-electron chi connectivity index (χ0n) is 13.4. The number of rotatable bonds is 4. The SMILES string of the molecule is O=C1NC[C@@H](c2ccccc2)[C@@H]1C(=O)N/N=C/c1cc(O)c(Br)cc1Br. The molecule has 6 nitrogen and oxygen atoms in total. The summed E-state index contributed by atoms with van der Waals surface area (Å²) in [6.45, 7) is 0.413. The zero-order chi connectivity index (χ0) is 18.7. The topological polar surface area (TPSA) is 90.8 Å². The third-order valence-corrected chi connectivity index (χ3v) is 5.46. The lowest BCUT2D eigenvalue weighted by Gasteiger charge is -2.15. The highest BCUT2D eigenvalue weighted by Crippen LogP contribution is 2.30. The number of hydrazone groups is 1. The molecule has 2 atom stereocenters. The van der Waals surface area contributed by atoms with Gasteiger partial charge in [-0.2, -0.15) is 5.10 Å². The van der Waals surface area contributed by atoms with E-state index in [-0.39, 0.29) is 17.6 Å². The summed E-state index contributed by atoms with van der Waals surface area (Å²) in [6, 6.07) is 12.6. The Morgan fingerprint density at radius 3 is 2.69 bits per heavy atom. The van der Waals surface area contributed by atoms with E-state index in [1.165, 1.54) is 12.3 Å². The van der Waals surface area contributed by atoms with Crippen LogP contribution < -0.4 is 10.7 Å². The molecular formula is C18H15Br2N3O3. The maximum atomic E-state index is 12.5. The molecule has 1 saturated heterocycles. The molecule has 26 heavy (non-hydrogen) atoms. The number of hydrogen-bond donors (Lipinski definition) is 3. The van der Waals surface area contributed by atoms with Crippen LogP contribution in [0, 0.1) is 5.92 Å². The van der Waals surface area contributed by atoms with E-state index >= 15 is 0 Å². The Kier molecular flexibility index (Phi) is 5.73. The molecule has 0 saturated carbocycles. The molecule has 0 aromatic heterocycles. The van der Waals surface area contributed by atoms with Crippen molar-refractivity contribution in [3.05, 3.63) is 62.5 Å². The second-order valence-electron chi connectivity index (χ2n) is 5.80. The standard InChI is InChI=1S/C18H15Br2N3O3/c19-13-7-14(20)15(24)6-11(13)8-22-23-18(26)16-12(9-21-17(16)25)10-4-2-1-3-5-10/h1-8,12,16,24H,9H2,(H,21,25)(H,23,26)/b22-8+/t12-,16-/m0/s1. The van der Waals surface area contributed by atoms with Crippen molar-refractivity contribution in [3.63, 3.8) is 0 Å². The number of halogens is 2. The quantitative estimate of drug-likeness (QED) is 0.357. The van der Waals surface area contributed by atoms with Gasteiger partial charge in [0.1, 0.15) is 11.7 Å². The predicted octanol–water partition coefficient (Wildman–Crippen LogP) is 2.90. The zero-order valence-corrected chi connectivity index (χ0v) is 16.6. The molecule has 0 spiro atoms. The van der Waals surface area contributed by atoms with Crippen molar-refractivity contribution in [2.24, 2.45) is 11.0 Å². The normalized spacial score (nSPS) is 19.5. The lowest BCUT2D eigenvalue weighted by molar-refractivity contribution is -0.133. The molecule has 0 bridgehead atoms. The van der Waals surface area contributed by atoms with E-state index in [1.54, 1.807) is 6.07 Å². The van der Waals surface area contributed by atoms with Gasteiger partial charge in [-0.3, -0.25) is 9.59 Å². The molecule has 2 aromatic carbocycles. The van der Waals surface area contributed by atoms with Gasteiger partial charge in [0.25, 0.3) is 5.91 Å². The fourth-order valence-electron chi connectivity index (χ4n) is 2.82. The average Bonchev–Trinajstić information content (AvgIpc) is 3.01. The van der Waals surface area contributed by atoms with E-state index in [4.69, 9.17) is 0 Å². The molecule has 0 aliphatic carbocycles. The third-order valence-electron chi connectivity index (χ3n) is 4.14. The van der Waals surface area contributed by atoms with E-state index in [9.17, 15) is 14.7 Å². The number of phenols is 1. The van der Waals surface area contributed by atoms with Gasteiger partial charge in [0.2, 0.25) is 5.91 Å². The number of nitrogens with one attached hydrogen (secondary N) is 2. The van der Waals surface area contributed by atoms with Gasteiger partial charge in [-0.15, -0.1) is 0 Å². The molecular weight excluding hydrogens is 466 g/mol. The fraction of sp³-hybridized carbons (Fsp3) is 0.167. The van der Waals surface area contributed by atoms with Gasteiger partial charge in [0, 0.05) is 22.5 Å². The Balaban J connectivity index is 1.73. The molecule has 0 unspecified atom stereocenters. The summed E-state index contributed by atoms with van der Waals surface area (Å²) >= 11 is 6.57. The Morgan fingerprint density at radius 2 is 1.96 bits per heavy atom. The van der Waals surface area contributed by atoms with E-state index < -0.39 is 11.8 Å². The largest absolute Gasteiger partial charge is 0.507 e. The number of phenolic OH excluding ortho intramolecular Hbond substituents is 1. The minimum absolute atomic E-state index is 0.0558. The van der Waals surface area contributed by atoms with Gasteiger partial charge >= 0.3 is 0 Å². The number of nitrogens with zero attached hydrogens (tertiary/aromatic N) is 1. The second kappa shape index (κ2) is 8.01. The first-order valence-electron chi connectivity index (χ1n) is 7.81. The fourth-order valence-corrected chi connectivity index (χ4v) is 3.92. The molecule has 2 aromatic rings. The average molecular weight is 481 g/mol. The summed E-state index contributed by atoms with van der Waals surface area (Å²) in [5, 5.41) is 16.4. The van der Waals surface area contributed by atoms with Gasteiger partial charge in [0.05, 0.1) is 10.7 Å². The lowest BCUT2D eigenvalue weighted by atomic mass is 9.88. The van der Waals surface area contributed by atoms with Crippen LogP contribution in [-0.4, -0.2) is 29.7 Å². The van der Waals surface area contributed by atoms with Crippen molar-refractivity contribution in [2.75, 3.05) is 6.54 Å². The molecule has 3 rings (SSSR count). The number of benzene rings is 2. The van der Waals surface area contributed by atoms with E-state index in [2.05, 4.69) is 47.7 Å². The summed E-state index contributed by atoms with van der Waals surface area (Å²) in [5.74, 6) is -1.80. The van der Waals surface area contributed by atoms with Gasteiger partial charge < -0.3 is 10.4 Å². The minimum atomic E-state index is -0.837. The van der Waals surface area contributed by atoms with Crippen LogP contribution in [0.5, 0.6) is 5.75 Å². The van der Waals surface area contributed by atoms with Crippen molar-refractivity contribution in [3.8, 4) is 5.75 Å². The van der Waals surface area contributed by atoms with Crippen LogP contribution in [0.2, 0.25) is 0 Å². The summed E-state index contributed by atoms with van der Waals surface area (Å²) in [6.07, 6.45) is 1.40. The van der Waals surface area contributed by atoms with Crippen molar-refractivity contribution in [1.82, 2.24) is 10.7 Å². The molecule has 0 radical (unpaired) electrons. The van der Waals surface area contributed by atoms with Crippen LogP contribution in [-0.2, 0) is 9.59 Å². The van der Waals surface area contributed by atoms with E-state index in [0.717, 1.165) is 5.56 Å². The molecule has 1 heterocycles. The Bertz CT molecular complexity index is 871. The minimum Gasteiger partial charge on any atom is -0.507 e. The van der Waals surface area contributed by atoms with Crippen LogP contribution >= 0.6 is 31.9 Å².